The number of nitrogens with two attached hydrogens (primary N) is 3. The van der Waals surface area contributed by atoms with Crippen LogP contribution in [0.5, 0.6) is 0 Å². The van der Waals surface area contributed by atoms with E-state index in [1.807, 2.05) is 0 Å². The molecule has 0 heterocycles. The fourth-order valence-electron chi connectivity index (χ4n) is 0.464. The number of guanidine groups is 1. The molecule has 0 aliphatic carbocycles. The van der Waals surface area contributed by atoms with Gasteiger partial charge in [-0.15, -0.1) is 0 Å². The van der Waals surface area contributed by atoms with Gasteiger partial charge in [-0.05, 0) is 19.4 Å². The average Bonchev–Trinajstić information content (AvgIpc) is 1.99. The summed E-state index contributed by atoms with van der Waals surface area (Å²) >= 11 is 8.53. The molecule has 0 aromatic rings. The fourth-order valence-corrected chi connectivity index (χ4v) is 0.464. The van der Waals surface area contributed by atoms with Crippen molar-refractivity contribution >= 4 is 29.7 Å². The Balaban J connectivity index is 0. The molecule has 0 saturated heterocycles. The Morgan fingerprint density at radius 3 is 2.08 bits per heavy atom. The molecule has 0 unspecified atom stereocenters. The first kappa shape index (κ1) is 14.3. The van der Waals surface area contributed by atoms with Crippen molar-refractivity contribution in [1.82, 2.24) is 0 Å². The summed E-state index contributed by atoms with van der Waals surface area (Å²) in [7, 11) is 0. The molecule has 0 aromatic heterocycles. The van der Waals surface area contributed by atoms with Crippen LogP contribution in [0, 0.1) is 0 Å². The van der Waals surface area contributed by atoms with Crippen LogP contribution in [-0.4, -0.2) is 19.0 Å². The second-order valence-electron chi connectivity index (χ2n) is 1.86. The third-order valence-electron chi connectivity index (χ3n) is 0.907. The zero-order valence-corrected chi connectivity index (χ0v) is 8.18. The summed E-state index contributed by atoms with van der Waals surface area (Å²) in [5.74, 6) is 0.159. The van der Waals surface area contributed by atoms with E-state index in [0.29, 0.717) is 13.1 Å². The minimum atomic E-state index is 0.159. The van der Waals surface area contributed by atoms with E-state index in [1.54, 1.807) is 0 Å². The van der Waals surface area contributed by atoms with E-state index in [4.69, 9.17) is 17.2 Å². The first-order valence-electron chi connectivity index (χ1n) is 3.33. The van der Waals surface area contributed by atoms with Crippen molar-refractivity contribution in [2.75, 3.05) is 13.1 Å². The minimum absolute atomic E-state index is 0.159. The van der Waals surface area contributed by atoms with Crippen LogP contribution in [-0.2, 0) is 3.84 Å². The number of aliphatic imine (C=N–C) groups is 1. The molecule has 5 nitrogen and oxygen atoms in total. The molecule has 6 N–H and O–H groups in total. The van der Waals surface area contributed by atoms with Crippen LogP contribution in [0.2, 0.25) is 0 Å². The van der Waals surface area contributed by atoms with Crippen LogP contribution in [0.25, 0.3) is 0 Å². The maximum Gasteiger partial charge on any atom is 0.185 e. The molecule has 0 radical (unpaired) electrons. The summed E-state index contributed by atoms with van der Waals surface area (Å²) in [6.07, 6.45) is 1.95. The Labute approximate surface area is 82.2 Å². The van der Waals surface area contributed by atoms with Gasteiger partial charge in [0, 0.05) is 6.54 Å². The van der Waals surface area contributed by atoms with Crippen LogP contribution in [0.4, 0.5) is 0 Å². The van der Waals surface area contributed by atoms with E-state index >= 15 is 0 Å². The molecule has 7 heteroatoms. The van der Waals surface area contributed by atoms with Gasteiger partial charge in [0.15, 0.2) is 5.96 Å². The Hall–Kier alpha value is -0.230. The number of unbranched alkanes of at least 4 members (excludes halogenated alkanes) is 1. The highest BCUT2D eigenvalue weighted by Gasteiger charge is 1.82. The molecule has 0 aliphatic rings. The molecule has 0 rings (SSSR count). The van der Waals surface area contributed by atoms with E-state index in [1.165, 1.54) is 0 Å². The van der Waals surface area contributed by atoms with Crippen molar-refractivity contribution in [2.24, 2.45) is 22.2 Å². The summed E-state index contributed by atoms with van der Waals surface area (Å²) in [6, 6.07) is 0. The van der Waals surface area contributed by atoms with E-state index in [9.17, 15) is 0 Å². The van der Waals surface area contributed by atoms with Crippen LogP contribution >= 0.6 is 23.7 Å². The molecule has 0 bridgehead atoms. The number of hydrogen-bond acceptors (Lipinski definition) is 3. The molecule has 0 saturated carbocycles. The molecule has 12 heavy (non-hydrogen) atoms. The van der Waals surface area contributed by atoms with Crippen LogP contribution in [0.3, 0.4) is 0 Å². The topological polar surface area (TPSA) is 99.6 Å². The molecule has 0 aliphatic heterocycles. The lowest BCUT2D eigenvalue weighted by molar-refractivity contribution is 0.697. The first-order chi connectivity index (χ1) is 5.68. The van der Waals surface area contributed by atoms with E-state index in [-0.39, 0.29) is 5.96 Å². The van der Waals surface area contributed by atoms with Crippen LogP contribution in [0.1, 0.15) is 12.8 Å². The molecule has 0 atom stereocenters. The second-order valence-corrected chi connectivity index (χ2v) is 2.33. The molecule has 0 fully saturated rings. The molecule has 74 valence electrons. The van der Waals surface area contributed by atoms with E-state index in [0.717, 1.165) is 12.8 Å². The van der Waals surface area contributed by atoms with Crippen molar-refractivity contribution in [3.05, 3.63) is 0 Å². The largest absolute Gasteiger partial charge is 0.370 e. The Morgan fingerprint density at radius 1 is 1.25 bits per heavy atom. The van der Waals surface area contributed by atoms with Gasteiger partial charge in [-0.25, -0.2) is 0 Å². The highest BCUT2D eigenvalue weighted by atomic mass is 35.6. The summed E-state index contributed by atoms with van der Waals surface area (Å²) in [6.45, 7) is 1.40. The SMILES string of the molecule is ClOCl.NCCCCN=C(N)N. The Bertz CT molecular complexity index is 108. The van der Waals surface area contributed by atoms with Crippen molar-refractivity contribution < 1.29 is 3.84 Å². The molecular weight excluding hydrogens is 203 g/mol. The Morgan fingerprint density at radius 2 is 1.75 bits per heavy atom. The molecule has 0 aromatic carbocycles. The zero-order valence-electron chi connectivity index (χ0n) is 6.67. The van der Waals surface area contributed by atoms with Gasteiger partial charge < -0.3 is 17.2 Å². The van der Waals surface area contributed by atoms with Crippen molar-refractivity contribution in [2.45, 2.75) is 12.8 Å². The van der Waals surface area contributed by atoms with Gasteiger partial charge >= 0.3 is 0 Å². The number of nitrogens with zero attached hydrogens (tertiary/aromatic N) is 1. The Kier molecular flexibility index (Phi) is 15.9. The summed E-state index contributed by atoms with van der Waals surface area (Å²) in [4.78, 5) is 3.78. The smallest absolute Gasteiger partial charge is 0.185 e. The standard InChI is InChI=1S/C5H14N4.Cl2O/c6-3-1-2-4-9-5(7)8;1-3-2/h1-4,6H2,(H4,7,8,9);. The minimum Gasteiger partial charge on any atom is -0.370 e. The molecular formula is C5H14Cl2N4O. The molecule has 0 amide bonds. The predicted octanol–water partition coefficient (Wildman–Crippen LogP) is 0.309. The van der Waals surface area contributed by atoms with Crippen molar-refractivity contribution in [3.8, 4) is 0 Å². The third kappa shape index (κ3) is 22.6. The van der Waals surface area contributed by atoms with Gasteiger partial charge in [0.2, 0.25) is 0 Å². The summed E-state index contributed by atoms with van der Waals surface area (Å²) in [5, 5.41) is 0. The number of halogens is 2. The molecule has 0 spiro atoms. The van der Waals surface area contributed by atoms with Crippen molar-refractivity contribution in [3.63, 3.8) is 0 Å². The van der Waals surface area contributed by atoms with Gasteiger partial charge in [0.1, 0.15) is 0 Å². The quantitative estimate of drug-likeness (QED) is 0.358. The maximum absolute atomic E-state index is 5.23. The van der Waals surface area contributed by atoms with E-state index < -0.39 is 0 Å². The number of hydrogen-bond donors (Lipinski definition) is 3. The zero-order chi connectivity index (χ0) is 9.82. The lowest BCUT2D eigenvalue weighted by atomic mass is 10.3. The van der Waals surface area contributed by atoms with Crippen molar-refractivity contribution in [1.29, 1.82) is 0 Å². The lowest BCUT2D eigenvalue weighted by Crippen LogP contribution is -2.23. The van der Waals surface area contributed by atoms with Crippen LogP contribution in [0.15, 0.2) is 4.99 Å². The van der Waals surface area contributed by atoms with E-state index in [2.05, 4.69) is 32.6 Å². The van der Waals surface area contributed by atoms with Gasteiger partial charge in [-0.1, -0.05) is 0 Å². The summed E-state index contributed by atoms with van der Waals surface area (Å²) in [5.41, 5.74) is 15.4. The van der Waals surface area contributed by atoms with Gasteiger partial charge in [-0.2, -0.15) is 3.84 Å². The lowest BCUT2D eigenvalue weighted by Gasteiger charge is -1.92. The normalized spacial score (nSPS) is 8.25. The van der Waals surface area contributed by atoms with Gasteiger partial charge in [0.25, 0.3) is 0 Å². The number of rotatable bonds is 4. The third-order valence-corrected chi connectivity index (χ3v) is 0.907. The average molecular weight is 217 g/mol. The highest BCUT2D eigenvalue weighted by Crippen LogP contribution is 1.84. The second kappa shape index (κ2) is 13.4. The fraction of sp³-hybridized carbons (Fsp3) is 0.800. The monoisotopic (exact) mass is 216 g/mol. The maximum atomic E-state index is 5.23. The van der Waals surface area contributed by atoms with Crippen LogP contribution < -0.4 is 17.2 Å². The van der Waals surface area contributed by atoms with Gasteiger partial charge in [-0.3, -0.25) is 4.99 Å². The van der Waals surface area contributed by atoms with Gasteiger partial charge in [0.05, 0.1) is 23.7 Å². The first-order valence-corrected chi connectivity index (χ1v) is 3.95. The summed E-state index contributed by atoms with van der Waals surface area (Å²) < 4.78 is 3.19. The predicted molar refractivity (Wildman–Crippen MR) is 51.8 cm³/mol. The highest BCUT2D eigenvalue weighted by molar-refractivity contribution is 6.24.